The van der Waals surface area contributed by atoms with Crippen molar-refractivity contribution in [1.29, 1.82) is 0 Å². The minimum atomic E-state index is -0.294. The zero-order valence-electron chi connectivity index (χ0n) is 16.8. The summed E-state index contributed by atoms with van der Waals surface area (Å²) in [6.45, 7) is 4.77. The van der Waals surface area contributed by atoms with E-state index in [1.54, 1.807) is 17.6 Å². The van der Waals surface area contributed by atoms with E-state index in [1.165, 1.54) is 10.4 Å². The number of hydrogen-bond acceptors (Lipinski definition) is 5. The Hall–Kier alpha value is -2.47. The molecule has 0 saturated carbocycles. The third kappa shape index (κ3) is 4.64. The van der Waals surface area contributed by atoms with Crippen LogP contribution in [0.2, 0.25) is 5.02 Å². The normalized spacial score (nSPS) is 14.1. The van der Waals surface area contributed by atoms with Crippen molar-refractivity contribution in [3.8, 4) is 0 Å². The second-order valence-electron chi connectivity index (χ2n) is 7.13. The van der Waals surface area contributed by atoms with E-state index >= 15 is 0 Å². The Balaban J connectivity index is 1.63. The number of rotatable bonds is 6. The van der Waals surface area contributed by atoms with Crippen molar-refractivity contribution in [2.75, 3.05) is 13.2 Å². The molecule has 6 heteroatoms. The number of carbonyl (C=O) groups is 1. The summed E-state index contributed by atoms with van der Waals surface area (Å²) in [5.74, 6) is -0.294. The molecular formula is C24H23ClN2O2S. The summed E-state index contributed by atoms with van der Waals surface area (Å²) >= 11 is 7.83. The van der Waals surface area contributed by atoms with Crippen LogP contribution in [0.25, 0.3) is 0 Å². The molecule has 0 aliphatic carbocycles. The van der Waals surface area contributed by atoms with Crippen molar-refractivity contribution in [2.24, 2.45) is 4.99 Å². The molecule has 0 radical (unpaired) electrons. The van der Waals surface area contributed by atoms with Gasteiger partial charge in [-0.25, -0.2) is 9.79 Å². The second kappa shape index (κ2) is 9.56. The molecule has 30 heavy (non-hydrogen) atoms. The molecule has 2 heterocycles. The molecule has 0 fully saturated rings. The molecule has 1 aliphatic heterocycles. The van der Waals surface area contributed by atoms with Gasteiger partial charge in [0, 0.05) is 41.3 Å². The van der Waals surface area contributed by atoms with Gasteiger partial charge in [-0.15, -0.1) is 11.3 Å². The van der Waals surface area contributed by atoms with Crippen molar-refractivity contribution in [3.05, 3.63) is 86.8 Å². The summed E-state index contributed by atoms with van der Waals surface area (Å²) in [5, 5.41) is 1.33. The molecule has 154 valence electrons. The lowest BCUT2D eigenvalue weighted by molar-refractivity contribution is 0.0526. The number of benzene rings is 2. The van der Waals surface area contributed by atoms with Crippen molar-refractivity contribution < 1.29 is 9.53 Å². The predicted octanol–water partition coefficient (Wildman–Crippen LogP) is 5.89. The maximum Gasteiger partial charge on any atom is 0.341 e. The number of halogens is 1. The monoisotopic (exact) mass is 438 g/mol. The SMILES string of the molecule is CCOC(=O)c1c(N=Cc2ccccc2Cl)sc2c1CCN(Cc1ccccc1)C2. The Morgan fingerprint density at radius 3 is 2.73 bits per heavy atom. The van der Waals surface area contributed by atoms with Crippen LogP contribution in [0.1, 0.15) is 38.8 Å². The first-order valence-electron chi connectivity index (χ1n) is 10.0. The zero-order chi connectivity index (χ0) is 20.9. The first kappa shape index (κ1) is 20.8. The fraction of sp³-hybridized carbons (Fsp3) is 0.250. The molecule has 0 unspecified atom stereocenters. The van der Waals surface area contributed by atoms with Crippen LogP contribution in [0.4, 0.5) is 5.00 Å². The summed E-state index contributed by atoms with van der Waals surface area (Å²) in [6, 6.07) is 18.0. The summed E-state index contributed by atoms with van der Waals surface area (Å²) in [7, 11) is 0. The quantitative estimate of drug-likeness (QED) is 0.356. The number of nitrogens with zero attached hydrogens (tertiary/aromatic N) is 2. The van der Waals surface area contributed by atoms with E-state index < -0.39 is 0 Å². The van der Waals surface area contributed by atoms with Crippen LogP contribution in [0, 0.1) is 0 Å². The number of ether oxygens (including phenoxy) is 1. The molecule has 0 saturated heterocycles. The maximum absolute atomic E-state index is 12.7. The number of aliphatic imine (C=N–C) groups is 1. The van der Waals surface area contributed by atoms with Gasteiger partial charge in [-0.1, -0.05) is 60.1 Å². The van der Waals surface area contributed by atoms with Crippen molar-refractivity contribution in [1.82, 2.24) is 4.90 Å². The molecule has 0 bridgehead atoms. The lowest BCUT2D eigenvalue weighted by atomic mass is 10.0. The molecule has 3 aromatic rings. The van der Waals surface area contributed by atoms with Gasteiger partial charge in [-0.05, 0) is 30.5 Å². The number of carbonyl (C=O) groups excluding carboxylic acids is 1. The van der Waals surface area contributed by atoms with Gasteiger partial charge in [0.2, 0.25) is 0 Å². The molecule has 1 aromatic heterocycles. The van der Waals surface area contributed by atoms with Gasteiger partial charge in [0.25, 0.3) is 0 Å². The van der Waals surface area contributed by atoms with E-state index in [4.69, 9.17) is 16.3 Å². The highest BCUT2D eigenvalue weighted by atomic mass is 35.5. The average molecular weight is 439 g/mol. The van der Waals surface area contributed by atoms with Crippen LogP contribution in [-0.2, 0) is 24.2 Å². The minimum Gasteiger partial charge on any atom is -0.462 e. The van der Waals surface area contributed by atoms with E-state index in [1.807, 2.05) is 37.3 Å². The highest BCUT2D eigenvalue weighted by Crippen LogP contribution is 2.39. The molecule has 4 rings (SSSR count). The predicted molar refractivity (Wildman–Crippen MR) is 123 cm³/mol. The average Bonchev–Trinajstić information content (AvgIpc) is 3.12. The summed E-state index contributed by atoms with van der Waals surface area (Å²) in [6.07, 6.45) is 2.54. The molecule has 0 amide bonds. The van der Waals surface area contributed by atoms with E-state index in [0.717, 1.165) is 37.2 Å². The number of hydrogen-bond donors (Lipinski definition) is 0. The number of fused-ring (bicyclic) bond motifs is 1. The molecule has 0 N–H and O–H groups in total. The highest BCUT2D eigenvalue weighted by molar-refractivity contribution is 7.16. The van der Waals surface area contributed by atoms with Crippen molar-refractivity contribution >= 4 is 40.1 Å². The van der Waals surface area contributed by atoms with Crippen LogP contribution in [0.5, 0.6) is 0 Å². The zero-order valence-corrected chi connectivity index (χ0v) is 18.4. The Bertz CT molecular complexity index is 1060. The molecule has 0 spiro atoms. The topological polar surface area (TPSA) is 41.9 Å². The Morgan fingerprint density at radius 1 is 1.20 bits per heavy atom. The smallest absolute Gasteiger partial charge is 0.341 e. The van der Waals surface area contributed by atoms with Gasteiger partial charge in [0.15, 0.2) is 0 Å². The maximum atomic E-state index is 12.7. The van der Waals surface area contributed by atoms with E-state index in [0.29, 0.717) is 22.2 Å². The Kier molecular flexibility index (Phi) is 6.62. The van der Waals surface area contributed by atoms with Crippen LogP contribution < -0.4 is 0 Å². The third-order valence-electron chi connectivity index (χ3n) is 5.07. The minimum absolute atomic E-state index is 0.294. The number of esters is 1. The van der Waals surface area contributed by atoms with Crippen molar-refractivity contribution in [2.45, 2.75) is 26.4 Å². The van der Waals surface area contributed by atoms with E-state index in [-0.39, 0.29) is 5.97 Å². The summed E-state index contributed by atoms with van der Waals surface area (Å²) in [5.41, 5.74) is 3.81. The fourth-order valence-corrected chi connectivity index (χ4v) is 5.04. The van der Waals surface area contributed by atoms with Crippen LogP contribution >= 0.6 is 22.9 Å². The van der Waals surface area contributed by atoms with Crippen LogP contribution in [-0.4, -0.2) is 30.2 Å². The fourth-order valence-electron chi connectivity index (χ4n) is 3.63. The Labute approximate surface area is 185 Å². The van der Waals surface area contributed by atoms with E-state index in [2.05, 4.69) is 34.2 Å². The lowest BCUT2D eigenvalue weighted by Crippen LogP contribution is -2.29. The number of thiophene rings is 1. The van der Waals surface area contributed by atoms with Gasteiger partial charge >= 0.3 is 5.97 Å². The summed E-state index contributed by atoms with van der Waals surface area (Å²) < 4.78 is 5.35. The molecule has 4 nitrogen and oxygen atoms in total. The standard InChI is InChI=1S/C24H23ClN2O2S/c1-2-29-24(28)22-19-12-13-27(15-17-8-4-3-5-9-17)16-21(19)30-23(22)26-14-18-10-6-7-11-20(18)25/h3-11,14H,2,12-13,15-16H2,1H3. The molecule has 1 aliphatic rings. The second-order valence-corrected chi connectivity index (χ2v) is 8.62. The highest BCUT2D eigenvalue weighted by Gasteiger charge is 2.28. The van der Waals surface area contributed by atoms with Gasteiger partial charge in [0.1, 0.15) is 5.00 Å². The molecular weight excluding hydrogens is 416 g/mol. The third-order valence-corrected chi connectivity index (χ3v) is 6.54. The summed E-state index contributed by atoms with van der Waals surface area (Å²) in [4.78, 5) is 21.0. The van der Waals surface area contributed by atoms with Gasteiger partial charge in [-0.3, -0.25) is 4.90 Å². The first-order valence-corrected chi connectivity index (χ1v) is 11.2. The lowest BCUT2D eigenvalue weighted by Gasteiger charge is -2.27. The largest absolute Gasteiger partial charge is 0.462 e. The van der Waals surface area contributed by atoms with Crippen molar-refractivity contribution in [3.63, 3.8) is 0 Å². The first-order chi connectivity index (χ1) is 14.7. The van der Waals surface area contributed by atoms with Gasteiger partial charge in [-0.2, -0.15) is 0 Å². The molecule has 2 aromatic carbocycles. The van der Waals surface area contributed by atoms with Gasteiger partial charge < -0.3 is 4.74 Å². The molecule has 0 atom stereocenters. The Morgan fingerprint density at radius 2 is 1.97 bits per heavy atom. The van der Waals surface area contributed by atoms with Crippen LogP contribution in [0.3, 0.4) is 0 Å². The van der Waals surface area contributed by atoms with E-state index in [9.17, 15) is 4.79 Å². The van der Waals surface area contributed by atoms with Gasteiger partial charge in [0.05, 0.1) is 12.2 Å². The van der Waals surface area contributed by atoms with Crippen LogP contribution in [0.15, 0.2) is 59.6 Å².